The van der Waals surface area contributed by atoms with Gasteiger partial charge in [0.15, 0.2) is 0 Å². The summed E-state index contributed by atoms with van der Waals surface area (Å²) in [6.07, 6.45) is 0.938. The zero-order chi connectivity index (χ0) is 16.0. The summed E-state index contributed by atoms with van der Waals surface area (Å²) >= 11 is 0. The summed E-state index contributed by atoms with van der Waals surface area (Å²) < 4.78 is 19.1. The second kappa shape index (κ2) is 5.10. The molecule has 0 aliphatic carbocycles. The molecule has 0 saturated carbocycles. The molecule has 4 heteroatoms. The average molecular weight is 310 g/mol. The van der Waals surface area contributed by atoms with Crippen LogP contribution < -0.4 is 10.1 Å². The zero-order valence-corrected chi connectivity index (χ0v) is 13.2. The van der Waals surface area contributed by atoms with Crippen LogP contribution >= 0.6 is 0 Å². The maximum absolute atomic E-state index is 13.7. The van der Waals surface area contributed by atoms with Crippen molar-refractivity contribution in [1.29, 1.82) is 0 Å². The van der Waals surface area contributed by atoms with Crippen molar-refractivity contribution in [2.24, 2.45) is 0 Å². The van der Waals surface area contributed by atoms with E-state index in [0.717, 1.165) is 35.5 Å². The lowest BCUT2D eigenvalue weighted by molar-refractivity contribution is 0.405. The van der Waals surface area contributed by atoms with E-state index < -0.39 is 5.54 Å². The Morgan fingerprint density at radius 1 is 1.17 bits per heavy atom. The lowest BCUT2D eigenvalue weighted by Crippen LogP contribution is -2.46. The summed E-state index contributed by atoms with van der Waals surface area (Å²) in [7, 11) is 1.68. The van der Waals surface area contributed by atoms with E-state index in [9.17, 15) is 4.39 Å². The molecule has 1 aliphatic heterocycles. The van der Waals surface area contributed by atoms with E-state index in [1.54, 1.807) is 19.2 Å². The van der Waals surface area contributed by atoms with Crippen LogP contribution in [0.2, 0.25) is 0 Å². The molecule has 3 nitrogen and oxygen atoms in total. The Morgan fingerprint density at radius 2 is 2.04 bits per heavy atom. The first kappa shape index (κ1) is 14.3. The molecule has 1 aliphatic rings. The smallest absolute Gasteiger partial charge is 0.123 e. The minimum absolute atomic E-state index is 0.213. The van der Waals surface area contributed by atoms with Crippen LogP contribution in [0.1, 0.15) is 23.7 Å². The second-order valence-electron chi connectivity index (χ2n) is 6.20. The van der Waals surface area contributed by atoms with E-state index in [-0.39, 0.29) is 5.82 Å². The SMILES string of the molecule is COc1ccc2[nH]c3c(c2c1)CCNC3(C)c1cccc(F)c1. The zero-order valence-electron chi connectivity index (χ0n) is 13.2. The molecule has 1 atom stereocenters. The minimum Gasteiger partial charge on any atom is -0.497 e. The van der Waals surface area contributed by atoms with Gasteiger partial charge in [-0.05, 0) is 54.8 Å². The number of aromatic nitrogens is 1. The predicted molar refractivity (Wildman–Crippen MR) is 89.4 cm³/mol. The van der Waals surface area contributed by atoms with Crippen LogP contribution in [-0.2, 0) is 12.0 Å². The van der Waals surface area contributed by atoms with Crippen LogP contribution in [-0.4, -0.2) is 18.6 Å². The summed E-state index contributed by atoms with van der Waals surface area (Å²) in [5, 5.41) is 4.74. The van der Waals surface area contributed by atoms with Gasteiger partial charge in [-0.1, -0.05) is 12.1 Å². The predicted octanol–water partition coefficient (Wildman–Crippen LogP) is 3.72. The standard InChI is InChI=1S/C19H19FN2O/c1-19(12-4-3-5-13(20)10-12)18-15(8-9-21-19)16-11-14(23-2)6-7-17(16)22-18/h3-7,10-11,21-22H,8-9H2,1-2H3. The van der Waals surface area contributed by atoms with Crippen molar-refractivity contribution in [3.63, 3.8) is 0 Å². The molecule has 2 heterocycles. The molecular weight excluding hydrogens is 291 g/mol. The highest BCUT2D eigenvalue weighted by atomic mass is 19.1. The van der Waals surface area contributed by atoms with Crippen LogP contribution in [0, 0.1) is 5.82 Å². The van der Waals surface area contributed by atoms with Gasteiger partial charge in [0.1, 0.15) is 11.6 Å². The molecule has 1 aromatic heterocycles. The fourth-order valence-electron chi connectivity index (χ4n) is 3.61. The van der Waals surface area contributed by atoms with Crippen molar-refractivity contribution >= 4 is 10.9 Å². The number of rotatable bonds is 2. The van der Waals surface area contributed by atoms with Crippen molar-refractivity contribution < 1.29 is 9.13 Å². The van der Waals surface area contributed by atoms with Gasteiger partial charge in [0, 0.05) is 23.1 Å². The molecule has 3 aromatic rings. The van der Waals surface area contributed by atoms with E-state index in [0.29, 0.717) is 0 Å². The number of hydrogen-bond acceptors (Lipinski definition) is 2. The van der Waals surface area contributed by atoms with Crippen molar-refractivity contribution in [3.05, 3.63) is 65.1 Å². The summed E-state index contributed by atoms with van der Waals surface area (Å²) in [6.45, 7) is 2.95. The maximum atomic E-state index is 13.7. The monoisotopic (exact) mass is 310 g/mol. The number of benzene rings is 2. The Hall–Kier alpha value is -2.33. The van der Waals surface area contributed by atoms with Crippen molar-refractivity contribution in [2.45, 2.75) is 18.9 Å². The van der Waals surface area contributed by atoms with Crippen molar-refractivity contribution in [2.75, 3.05) is 13.7 Å². The Labute approximate surface area is 134 Å². The molecule has 2 N–H and O–H groups in total. The summed E-state index contributed by atoms with van der Waals surface area (Å²) in [4.78, 5) is 3.54. The Kier molecular flexibility index (Phi) is 3.16. The lowest BCUT2D eigenvalue weighted by Gasteiger charge is -2.35. The summed E-state index contributed by atoms with van der Waals surface area (Å²) in [6, 6.07) is 12.9. The third kappa shape index (κ3) is 2.13. The van der Waals surface area contributed by atoms with E-state index in [2.05, 4.69) is 23.3 Å². The number of ether oxygens (including phenoxy) is 1. The molecule has 118 valence electrons. The Morgan fingerprint density at radius 3 is 2.83 bits per heavy atom. The van der Waals surface area contributed by atoms with Gasteiger partial charge in [0.2, 0.25) is 0 Å². The van der Waals surface area contributed by atoms with E-state index >= 15 is 0 Å². The molecule has 0 spiro atoms. The van der Waals surface area contributed by atoms with Gasteiger partial charge in [0.05, 0.1) is 12.6 Å². The van der Waals surface area contributed by atoms with Crippen molar-refractivity contribution in [1.82, 2.24) is 10.3 Å². The van der Waals surface area contributed by atoms with E-state index in [1.165, 1.54) is 17.0 Å². The van der Waals surface area contributed by atoms with Gasteiger partial charge in [-0.25, -0.2) is 4.39 Å². The molecule has 0 saturated heterocycles. The van der Waals surface area contributed by atoms with Crippen LogP contribution in [0.4, 0.5) is 4.39 Å². The fraction of sp³-hybridized carbons (Fsp3) is 0.263. The van der Waals surface area contributed by atoms with Gasteiger partial charge < -0.3 is 15.0 Å². The number of nitrogens with one attached hydrogen (secondary N) is 2. The van der Waals surface area contributed by atoms with Crippen molar-refractivity contribution in [3.8, 4) is 5.75 Å². The third-order valence-corrected chi connectivity index (χ3v) is 4.87. The first-order valence-corrected chi connectivity index (χ1v) is 7.82. The minimum atomic E-state index is -0.429. The fourth-order valence-corrected chi connectivity index (χ4v) is 3.61. The number of methoxy groups -OCH3 is 1. The topological polar surface area (TPSA) is 37.0 Å². The lowest BCUT2D eigenvalue weighted by atomic mass is 9.82. The summed E-state index contributed by atoms with van der Waals surface area (Å²) in [5.74, 6) is 0.640. The molecule has 1 unspecified atom stereocenters. The van der Waals surface area contributed by atoms with E-state index in [4.69, 9.17) is 4.74 Å². The number of hydrogen-bond donors (Lipinski definition) is 2. The Bertz CT molecular complexity index is 886. The first-order chi connectivity index (χ1) is 11.1. The van der Waals surface area contributed by atoms with Crippen LogP contribution in [0.15, 0.2) is 42.5 Å². The molecule has 0 bridgehead atoms. The highest BCUT2D eigenvalue weighted by molar-refractivity contribution is 5.87. The van der Waals surface area contributed by atoms with Crippen LogP contribution in [0.5, 0.6) is 5.75 Å². The number of halogens is 1. The highest BCUT2D eigenvalue weighted by Crippen LogP contribution is 2.38. The average Bonchev–Trinajstić information content (AvgIpc) is 2.94. The molecule has 2 aromatic carbocycles. The van der Waals surface area contributed by atoms with Gasteiger partial charge >= 0.3 is 0 Å². The summed E-state index contributed by atoms with van der Waals surface area (Å²) in [5.41, 5.74) is 3.98. The Balaban J connectivity index is 1.94. The maximum Gasteiger partial charge on any atom is 0.123 e. The van der Waals surface area contributed by atoms with Crippen LogP contribution in [0.3, 0.4) is 0 Å². The molecule has 0 fully saturated rings. The normalized spacial score (nSPS) is 20.5. The van der Waals surface area contributed by atoms with Gasteiger partial charge in [-0.2, -0.15) is 0 Å². The van der Waals surface area contributed by atoms with Gasteiger partial charge in [-0.3, -0.25) is 0 Å². The van der Waals surface area contributed by atoms with E-state index in [1.807, 2.05) is 18.2 Å². The number of H-pyrrole nitrogens is 1. The van der Waals surface area contributed by atoms with Gasteiger partial charge in [0.25, 0.3) is 0 Å². The molecule has 23 heavy (non-hydrogen) atoms. The molecule has 4 rings (SSSR count). The largest absolute Gasteiger partial charge is 0.497 e. The highest BCUT2D eigenvalue weighted by Gasteiger charge is 2.36. The number of fused-ring (bicyclic) bond motifs is 3. The molecular formula is C19H19FN2O. The number of aromatic amines is 1. The quantitative estimate of drug-likeness (QED) is 0.757. The van der Waals surface area contributed by atoms with Gasteiger partial charge in [-0.15, -0.1) is 0 Å². The van der Waals surface area contributed by atoms with Crippen LogP contribution in [0.25, 0.3) is 10.9 Å². The third-order valence-electron chi connectivity index (χ3n) is 4.87. The first-order valence-electron chi connectivity index (χ1n) is 7.82. The molecule has 0 amide bonds. The second-order valence-corrected chi connectivity index (χ2v) is 6.20. The molecule has 0 radical (unpaired) electrons.